The van der Waals surface area contributed by atoms with Crippen LogP contribution >= 0.6 is 9.24 Å². The number of phenolic OH excluding ortho intramolecular Hbond substituents is 1. The minimum atomic E-state index is 0.138. The molecule has 5 nitrogen and oxygen atoms in total. The zero-order chi connectivity index (χ0) is 25.8. The van der Waals surface area contributed by atoms with E-state index in [-0.39, 0.29) is 17.0 Å². The Bertz CT molecular complexity index is 1050. The summed E-state index contributed by atoms with van der Waals surface area (Å²) in [7, 11) is 2.96. The summed E-state index contributed by atoms with van der Waals surface area (Å²) in [4.78, 5) is 10.5. The molecule has 1 spiro atoms. The highest BCUT2D eigenvalue weighted by Gasteiger charge is 2.74. The van der Waals surface area contributed by atoms with E-state index in [0.717, 1.165) is 43.6 Å². The van der Waals surface area contributed by atoms with Crippen LogP contribution in [0.3, 0.4) is 0 Å². The standard InChI is InChI=1S/C30H47N4OP/c1-6-9-29-15-24-16-34(22(5)32-20(3)12-19(2)31)18-28(24)30(29)25(17-33(10-11-36)21(29)4)13-23-7-8-26(35)14-27(23)30/h7-8,12,14,21-22,24-25,28,35H,6,9-11,13,15-18,31,36H2,1-5H3/b19-12-,32-20-/t21?,22?,24-,25?,28?,29?,30?/m1/s1. The number of aliphatic imine (C=N–C) groups is 1. The van der Waals surface area contributed by atoms with Crippen molar-refractivity contribution >= 4 is 15.0 Å². The molecule has 2 saturated heterocycles. The number of hydrogen-bond acceptors (Lipinski definition) is 5. The van der Waals surface area contributed by atoms with Gasteiger partial charge in [-0.15, -0.1) is 9.24 Å². The van der Waals surface area contributed by atoms with Crippen LogP contribution in [-0.4, -0.2) is 65.2 Å². The first-order valence-electron chi connectivity index (χ1n) is 14.2. The predicted octanol–water partition coefficient (Wildman–Crippen LogP) is 4.79. The van der Waals surface area contributed by atoms with Crippen LogP contribution in [0.1, 0.15) is 65.0 Å². The van der Waals surface area contributed by atoms with Crippen molar-refractivity contribution in [2.45, 2.75) is 77.9 Å². The van der Waals surface area contributed by atoms with Crippen molar-refractivity contribution in [2.75, 3.05) is 32.3 Å². The molecule has 0 aromatic heterocycles. The van der Waals surface area contributed by atoms with Crippen LogP contribution in [0.25, 0.3) is 0 Å². The molecule has 0 bridgehead atoms. The summed E-state index contributed by atoms with van der Waals surface area (Å²) in [5.74, 6) is 2.34. The van der Waals surface area contributed by atoms with Gasteiger partial charge in [0.1, 0.15) is 5.75 Å². The van der Waals surface area contributed by atoms with Gasteiger partial charge in [-0.1, -0.05) is 19.4 Å². The summed E-state index contributed by atoms with van der Waals surface area (Å²) < 4.78 is 0. The second-order valence-corrected chi connectivity index (χ2v) is 12.9. The van der Waals surface area contributed by atoms with Crippen molar-refractivity contribution in [3.63, 3.8) is 0 Å². The maximum absolute atomic E-state index is 10.7. The van der Waals surface area contributed by atoms with Crippen molar-refractivity contribution in [3.05, 3.63) is 41.1 Å². The molecule has 3 fully saturated rings. The number of fused-ring (bicyclic) bond motifs is 2. The molecule has 2 aliphatic heterocycles. The van der Waals surface area contributed by atoms with E-state index in [1.807, 2.05) is 19.1 Å². The number of nitrogens with zero attached hydrogens (tertiary/aromatic N) is 3. The van der Waals surface area contributed by atoms with Crippen molar-refractivity contribution in [3.8, 4) is 5.75 Å². The number of piperidine rings is 1. The molecular weight excluding hydrogens is 463 g/mol. The van der Waals surface area contributed by atoms with E-state index in [2.05, 4.69) is 58.9 Å². The highest BCUT2D eigenvalue weighted by Crippen LogP contribution is 2.73. The molecule has 2 heterocycles. The van der Waals surface area contributed by atoms with Gasteiger partial charge in [-0.2, -0.15) is 0 Å². The van der Waals surface area contributed by atoms with Crippen molar-refractivity contribution in [1.82, 2.24) is 9.80 Å². The Labute approximate surface area is 220 Å². The molecule has 7 unspecified atom stereocenters. The average Bonchev–Trinajstić information content (AvgIpc) is 3.44. The highest BCUT2D eigenvalue weighted by molar-refractivity contribution is 7.16. The predicted molar refractivity (Wildman–Crippen MR) is 154 cm³/mol. The van der Waals surface area contributed by atoms with E-state index in [1.165, 1.54) is 36.9 Å². The molecule has 1 aromatic rings. The van der Waals surface area contributed by atoms with Crippen molar-refractivity contribution in [2.24, 2.45) is 33.9 Å². The molecule has 6 heteroatoms. The summed E-state index contributed by atoms with van der Waals surface area (Å²) >= 11 is 0. The van der Waals surface area contributed by atoms with E-state index in [1.54, 1.807) is 0 Å². The van der Waals surface area contributed by atoms with Gasteiger partial charge in [-0.25, -0.2) is 0 Å². The largest absolute Gasteiger partial charge is 0.508 e. The van der Waals surface area contributed by atoms with E-state index in [9.17, 15) is 5.11 Å². The molecule has 3 N–H and O–H groups in total. The highest BCUT2D eigenvalue weighted by atomic mass is 31.0. The molecular formula is C30H47N4OP. The summed E-state index contributed by atoms with van der Waals surface area (Å²) in [6.07, 6.45) is 8.20. The molecule has 0 radical (unpaired) electrons. The molecule has 1 saturated carbocycles. The van der Waals surface area contributed by atoms with E-state index >= 15 is 0 Å². The lowest BCUT2D eigenvalue weighted by Gasteiger charge is -2.61. The van der Waals surface area contributed by atoms with Crippen LogP contribution in [0.2, 0.25) is 0 Å². The fourth-order valence-electron chi connectivity index (χ4n) is 9.56. The van der Waals surface area contributed by atoms with Crippen LogP contribution in [0.15, 0.2) is 35.0 Å². The van der Waals surface area contributed by atoms with Gasteiger partial charge in [0.15, 0.2) is 0 Å². The lowest BCUT2D eigenvalue weighted by molar-refractivity contribution is -0.0842. The average molecular weight is 511 g/mol. The lowest BCUT2D eigenvalue weighted by atomic mass is 9.49. The maximum Gasteiger partial charge on any atom is 0.115 e. The van der Waals surface area contributed by atoms with Crippen molar-refractivity contribution < 1.29 is 5.11 Å². The monoisotopic (exact) mass is 510 g/mol. The van der Waals surface area contributed by atoms with Crippen LogP contribution in [0.4, 0.5) is 0 Å². The number of rotatable bonds is 7. The van der Waals surface area contributed by atoms with Gasteiger partial charge in [0, 0.05) is 49.0 Å². The number of likely N-dealkylation sites (tertiary alicyclic amines) is 2. The molecule has 198 valence electrons. The van der Waals surface area contributed by atoms with Gasteiger partial charge in [0.05, 0.1) is 6.17 Å². The quantitative estimate of drug-likeness (QED) is 0.409. The first-order valence-corrected chi connectivity index (χ1v) is 15.0. The molecule has 5 rings (SSSR count). The molecule has 4 aliphatic rings. The Kier molecular flexibility index (Phi) is 7.07. The molecule has 0 amide bonds. The number of allylic oxidation sites excluding steroid dienone is 2. The summed E-state index contributed by atoms with van der Waals surface area (Å²) in [6.45, 7) is 15.7. The fourth-order valence-corrected chi connectivity index (χ4v) is 9.89. The third-order valence-electron chi connectivity index (χ3n) is 10.4. The van der Waals surface area contributed by atoms with Crippen LogP contribution in [0, 0.1) is 23.2 Å². The Hall–Kier alpha value is -1.42. The topological polar surface area (TPSA) is 65.1 Å². The van der Waals surface area contributed by atoms with E-state index < -0.39 is 0 Å². The first-order chi connectivity index (χ1) is 17.2. The number of hydrogen-bond donors (Lipinski definition) is 2. The Morgan fingerprint density at radius 1 is 1.31 bits per heavy atom. The van der Waals surface area contributed by atoms with Crippen molar-refractivity contribution in [1.29, 1.82) is 0 Å². The molecule has 36 heavy (non-hydrogen) atoms. The second kappa shape index (κ2) is 9.71. The smallest absolute Gasteiger partial charge is 0.115 e. The zero-order valence-corrected chi connectivity index (χ0v) is 24.2. The fraction of sp³-hybridized carbons (Fsp3) is 0.700. The second-order valence-electron chi connectivity index (χ2n) is 12.3. The molecule has 2 aliphatic carbocycles. The summed E-state index contributed by atoms with van der Waals surface area (Å²) in [6, 6.07) is 6.87. The Balaban J connectivity index is 1.59. The van der Waals surface area contributed by atoms with E-state index in [0.29, 0.717) is 29.5 Å². The van der Waals surface area contributed by atoms with Crippen LogP contribution < -0.4 is 5.73 Å². The summed E-state index contributed by atoms with van der Waals surface area (Å²) in [5, 5.41) is 10.7. The zero-order valence-electron chi connectivity index (χ0n) is 23.0. The number of nitrogens with two attached hydrogens (primary N) is 1. The number of benzene rings is 1. The Morgan fingerprint density at radius 3 is 2.78 bits per heavy atom. The van der Waals surface area contributed by atoms with Gasteiger partial charge in [-0.05, 0) is 106 Å². The maximum atomic E-state index is 10.7. The number of aromatic hydroxyl groups is 1. The SMILES string of the molecule is CCCC12C[C@@H]3CN(C(C)/N=C(C)\C=C(\C)N)CC3C13c1cc(O)ccc1CC3CN(CCP)C2C. The van der Waals surface area contributed by atoms with Gasteiger partial charge in [-0.3, -0.25) is 14.8 Å². The van der Waals surface area contributed by atoms with Gasteiger partial charge in [0.2, 0.25) is 0 Å². The minimum absolute atomic E-state index is 0.138. The van der Waals surface area contributed by atoms with Crippen LogP contribution in [-0.2, 0) is 11.8 Å². The van der Waals surface area contributed by atoms with E-state index in [4.69, 9.17) is 10.7 Å². The minimum Gasteiger partial charge on any atom is -0.508 e. The third kappa shape index (κ3) is 3.79. The molecule has 8 atom stereocenters. The first kappa shape index (κ1) is 26.2. The van der Waals surface area contributed by atoms with Crippen LogP contribution in [0.5, 0.6) is 5.75 Å². The summed E-state index contributed by atoms with van der Waals surface area (Å²) in [5.41, 5.74) is 11.1. The normalized spacial score (nSPS) is 37.5. The van der Waals surface area contributed by atoms with Gasteiger partial charge < -0.3 is 10.8 Å². The van der Waals surface area contributed by atoms with Gasteiger partial charge >= 0.3 is 0 Å². The lowest BCUT2D eigenvalue weighted by Crippen LogP contribution is -2.66. The van der Waals surface area contributed by atoms with Gasteiger partial charge in [0.25, 0.3) is 0 Å². The third-order valence-corrected chi connectivity index (χ3v) is 10.7. The number of phenols is 1. The Morgan fingerprint density at radius 2 is 2.08 bits per heavy atom. The molecule has 1 aromatic carbocycles.